The number of fused-ring (bicyclic) bond motifs is 6. The molecule has 6 aromatic carbocycles. The predicted octanol–water partition coefficient (Wildman–Crippen LogP) is 9.89. The summed E-state index contributed by atoms with van der Waals surface area (Å²) in [4.78, 5) is 3.64. The zero-order chi connectivity index (χ0) is 28.9. The lowest BCUT2D eigenvalue weighted by Crippen LogP contribution is -1.96. The Balaban J connectivity index is 1.12. The first-order chi connectivity index (χ1) is 21.2. The average Bonchev–Trinajstić information content (AvgIpc) is 3.57. The molecule has 200 valence electrons. The molecule has 0 saturated carbocycles. The highest BCUT2D eigenvalue weighted by Gasteiger charge is 2.14. The number of para-hydroxylation sites is 2. The van der Waals surface area contributed by atoms with Crippen LogP contribution >= 0.6 is 0 Å². The fraction of sp³-hybridized carbons (Fsp3) is 0.0256. The summed E-state index contributed by atoms with van der Waals surface area (Å²) >= 11 is 0. The van der Waals surface area contributed by atoms with Gasteiger partial charge in [0.1, 0.15) is 0 Å². The number of benzene rings is 6. The smallest absolute Gasteiger partial charge is 0.188 e. The highest BCUT2D eigenvalue weighted by molar-refractivity contribution is 6.11. The van der Waals surface area contributed by atoms with Crippen molar-refractivity contribution in [3.63, 3.8) is 0 Å². The van der Waals surface area contributed by atoms with Crippen LogP contribution in [0.4, 0.5) is 5.69 Å². The van der Waals surface area contributed by atoms with Crippen LogP contribution < -0.4 is 0 Å². The van der Waals surface area contributed by atoms with Gasteiger partial charge < -0.3 is 9.13 Å². The molecule has 0 unspecified atom stereocenters. The van der Waals surface area contributed by atoms with E-state index in [1.165, 1.54) is 11.1 Å². The van der Waals surface area contributed by atoms with E-state index in [1.54, 1.807) is 0 Å². The minimum atomic E-state index is 0.656. The average molecular weight is 549 g/mol. The second-order valence-corrected chi connectivity index (χ2v) is 10.9. The summed E-state index contributed by atoms with van der Waals surface area (Å²) in [5, 5.41) is 13.9. The fourth-order valence-electron chi connectivity index (χ4n) is 6.39. The third kappa shape index (κ3) is 3.97. The molecule has 0 aliphatic rings. The van der Waals surface area contributed by atoms with Gasteiger partial charge in [-0.1, -0.05) is 66.7 Å². The van der Waals surface area contributed by atoms with E-state index in [-0.39, 0.29) is 0 Å². The molecule has 0 aliphatic carbocycles. The van der Waals surface area contributed by atoms with Gasteiger partial charge in [-0.3, -0.25) is 0 Å². The van der Waals surface area contributed by atoms with E-state index in [0.717, 1.165) is 61.4 Å². The molecular formula is C39H24N4. The summed E-state index contributed by atoms with van der Waals surface area (Å²) in [6.07, 6.45) is 0.834. The third-order valence-corrected chi connectivity index (χ3v) is 8.38. The van der Waals surface area contributed by atoms with Crippen molar-refractivity contribution in [2.45, 2.75) is 6.42 Å². The van der Waals surface area contributed by atoms with Gasteiger partial charge in [-0.2, -0.15) is 5.26 Å². The maximum atomic E-state index is 9.44. The van der Waals surface area contributed by atoms with Crippen LogP contribution in [-0.4, -0.2) is 9.13 Å². The van der Waals surface area contributed by atoms with Crippen LogP contribution in [0.5, 0.6) is 0 Å². The molecule has 0 aliphatic heterocycles. The molecule has 0 amide bonds. The van der Waals surface area contributed by atoms with Gasteiger partial charge in [-0.15, -0.1) is 0 Å². The highest BCUT2D eigenvalue weighted by Crippen LogP contribution is 2.35. The van der Waals surface area contributed by atoms with Crippen molar-refractivity contribution >= 4 is 49.3 Å². The van der Waals surface area contributed by atoms with Crippen LogP contribution in [0.15, 0.2) is 133 Å². The van der Waals surface area contributed by atoms with Crippen LogP contribution in [0, 0.1) is 17.9 Å². The van der Waals surface area contributed by atoms with Crippen LogP contribution in [0.2, 0.25) is 0 Å². The quantitative estimate of drug-likeness (QED) is 0.202. The molecule has 0 saturated heterocycles. The van der Waals surface area contributed by atoms with Gasteiger partial charge in [0.05, 0.1) is 40.3 Å². The molecule has 0 N–H and O–H groups in total. The molecule has 0 fully saturated rings. The van der Waals surface area contributed by atoms with Gasteiger partial charge in [0, 0.05) is 27.5 Å². The molecule has 2 heterocycles. The lowest BCUT2D eigenvalue weighted by Gasteiger charge is -2.11. The van der Waals surface area contributed by atoms with Crippen molar-refractivity contribution < 1.29 is 0 Å². The molecule has 0 bridgehead atoms. The van der Waals surface area contributed by atoms with Crippen molar-refractivity contribution in [2.24, 2.45) is 0 Å². The van der Waals surface area contributed by atoms with Crippen molar-refractivity contribution in [3.8, 4) is 17.4 Å². The van der Waals surface area contributed by atoms with E-state index in [0.29, 0.717) is 11.3 Å². The molecule has 0 radical (unpaired) electrons. The van der Waals surface area contributed by atoms with E-state index in [9.17, 15) is 5.26 Å². The minimum Gasteiger partial charge on any atom is -0.309 e. The van der Waals surface area contributed by atoms with Gasteiger partial charge in [-0.25, -0.2) is 4.85 Å². The zero-order valence-electron chi connectivity index (χ0n) is 23.2. The Morgan fingerprint density at radius 2 is 1.02 bits per heavy atom. The Bertz CT molecular complexity index is 2250. The monoisotopic (exact) mass is 548 g/mol. The van der Waals surface area contributed by atoms with E-state index in [4.69, 9.17) is 6.57 Å². The minimum absolute atomic E-state index is 0.656. The van der Waals surface area contributed by atoms with Crippen molar-refractivity contribution in [1.82, 2.24) is 9.13 Å². The summed E-state index contributed by atoms with van der Waals surface area (Å²) < 4.78 is 4.56. The van der Waals surface area contributed by atoms with Gasteiger partial charge in [0.15, 0.2) is 5.69 Å². The Morgan fingerprint density at radius 1 is 0.535 bits per heavy atom. The zero-order valence-corrected chi connectivity index (χ0v) is 23.2. The van der Waals surface area contributed by atoms with Gasteiger partial charge in [0.2, 0.25) is 0 Å². The van der Waals surface area contributed by atoms with Crippen LogP contribution in [-0.2, 0) is 6.42 Å². The van der Waals surface area contributed by atoms with Crippen LogP contribution in [0.3, 0.4) is 0 Å². The third-order valence-electron chi connectivity index (χ3n) is 8.38. The normalized spacial score (nSPS) is 11.3. The van der Waals surface area contributed by atoms with Gasteiger partial charge in [-0.05, 0) is 89.7 Å². The van der Waals surface area contributed by atoms with Crippen molar-refractivity contribution in [1.29, 1.82) is 5.26 Å². The number of hydrogen-bond acceptors (Lipinski definition) is 1. The molecule has 4 heteroatoms. The summed E-state index contributed by atoms with van der Waals surface area (Å²) in [6.45, 7) is 7.45. The van der Waals surface area contributed by atoms with Gasteiger partial charge in [0.25, 0.3) is 0 Å². The maximum absolute atomic E-state index is 9.44. The summed E-state index contributed by atoms with van der Waals surface area (Å²) in [7, 11) is 0. The lowest BCUT2D eigenvalue weighted by molar-refractivity contribution is 1.13. The molecule has 0 spiro atoms. The summed E-state index contributed by atoms with van der Waals surface area (Å²) in [5.74, 6) is 0. The van der Waals surface area contributed by atoms with Crippen molar-refractivity contribution in [3.05, 3.63) is 162 Å². The summed E-state index contributed by atoms with van der Waals surface area (Å²) in [5.41, 5.74) is 10.5. The first-order valence-corrected chi connectivity index (χ1v) is 14.2. The Labute approximate surface area is 248 Å². The SMILES string of the molecule is [C-]#[N+]c1ccc2c(c1)c1ccccc1n2-c1ccc(Cc2ccc(-n3c4ccccc4c4cc(C#N)ccc43)cc2)cc1. The largest absolute Gasteiger partial charge is 0.309 e. The lowest BCUT2D eigenvalue weighted by atomic mass is 10.0. The van der Waals surface area contributed by atoms with Crippen LogP contribution in [0.1, 0.15) is 16.7 Å². The Kier molecular flexibility index (Phi) is 5.61. The molecule has 8 aromatic rings. The topological polar surface area (TPSA) is 38.0 Å². The van der Waals surface area contributed by atoms with Crippen molar-refractivity contribution in [2.75, 3.05) is 0 Å². The number of hydrogen-bond donors (Lipinski definition) is 0. The number of aromatic nitrogens is 2. The van der Waals surface area contributed by atoms with E-state index in [1.807, 2.05) is 36.4 Å². The van der Waals surface area contributed by atoms with Crippen LogP contribution in [0.25, 0.3) is 59.8 Å². The molecule has 0 atom stereocenters. The first kappa shape index (κ1) is 24.7. The summed E-state index contributed by atoms with van der Waals surface area (Å²) in [6, 6.07) is 48.4. The van der Waals surface area contributed by atoms with E-state index in [2.05, 4.69) is 117 Å². The standard InChI is InChI=1S/C39H24N4/c1-41-29-15-21-39-35(24-29)33-7-3-5-9-37(33)43(39)31-18-12-27(13-19-31)22-26-10-16-30(17-11-26)42-36-8-4-2-6-32(36)34-23-28(25-40)14-20-38(34)42/h2-21,23-24H,22H2. The molecule has 2 aromatic heterocycles. The Morgan fingerprint density at radius 3 is 1.56 bits per heavy atom. The molecule has 4 nitrogen and oxygen atoms in total. The van der Waals surface area contributed by atoms with E-state index < -0.39 is 0 Å². The number of rotatable bonds is 4. The number of nitrogens with zero attached hydrogens (tertiary/aromatic N) is 4. The number of nitriles is 1. The maximum Gasteiger partial charge on any atom is 0.188 e. The molecule has 43 heavy (non-hydrogen) atoms. The van der Waals surface area contributed by atoms with E-state index >= 15 is 0 Å². The second-order valence-electron chi connectivity index (χ2n) is 10.9. The highest BCUT2D eigenvalue weighted by atomic mass is 15.0. The van der Waals surface area contributed by atoms with Gasteiger partial charge >= 0.3 is 0 Å². The Hall–Kier alpha value is -6.10. The fourth-order valence-corrected chi connectivity index (χ4v) is 6.39. The predicted molar refractivity (Wildman–Crippen MR) is 175 cm³/mol. The first-order valence-electron chi connectivity index (χ1n) is 14.2. The second kappa shape index (κ2) is 9.77. The molecule has 8 rings (SSSR count). The molecular weight excluding hydrogens is 524 g/mol.